The number of nitrogens with one attached hydrogen (secondary N) is 2. The summed E-state index contributed by atoms with van der Waals surface area (Å²) in [6.07, 6.45) is 1.95. The second-order valence-electron chi connectivity index (χ2n) is 10.7. The number of aromatic nitrogens is 3. The van der Waals surface area contributed by atoms with E-state index in [2.05, 4.69) is 45.3 Å². The van der Waals surface area contributed by atoms with Crippen molar-refractivity contribution in [1.82, 2.24) is 20.1 Å². The quantitative estimate of drug-likeness (QED) is 0.510. The normalized spacial score (nSPS) is 14.9. The third-order valence-corrected chi connectivity index (χ3v) is 6.28. The molecule has 34 heavy (non-hydrogen) atoms. The highest BCUT2D eigenvalue weighted by Crippen LogP contribution is 2.31. The molecule has 1 unspecified atom stereocenters. The molecule has 0 aliphatic heterocycles. The lowest BCUT2D eigenvalue weighted by molar-refractivity contribution is -0.117. The minimum Gasteiger partial charge on any atom is -0.345 e. The highest BCUT2D eigenvalue weighted by Gasteiger charge is 2.29. The Morgan fingerprint density at radius 2 is 1.74 bits per heavy atom. The molecule has 1 atom stereocenters. The van der Waals surface area contributed by atoms with Gasteiger partial charge in [-0.05, 0) is 77.1 Å². The summed E-state index contributed by atoms with van der Waals surface area (Å²) in [5, 5.41) is 11.6. The summed E-state index contributed by atoms with van der Waals surface area (Å²) in [5.74, 6) is 0.278. The van der Waals surface area contributed by atoms with E-state index in [1.165, 1.54) is 0 Å². The van der Waals surface area contributed by atoms with Gasteiger partial charge in [0.2, 0.25) is 5.91 Å². The van der Waals surface area contributed by atoms with Crippen LogP contribution in [0.1, 0.15) is 93.7 Å². The standard InChI is InChI=1S/C27H35N5O2/c1-15(2)22-14-21(23-17(4)31-32(24(23)30-22)27(5,6)7)26(34)28-16(3)18-10-12-20(13-11-18)29-25(33)19-8-9-19/h10-16,19H,8-9H2,1-7H3,(H,28,34)(H,29,33). The number of pyridine rings is 1. The summed E-state index contributed by atoms with van der Waals surface area (Å²) >= 11 is 0. The van der Waals surface area contributed by atoms with Crippen LogP contribution in [0.5, 0.6) is 0 Å². The summed E-state index contributed by atoms with van der Waals surface area (Å²) in [6, 6.07) is 9.35. The first-order valence-corrected chi connectivity index (χ1v) is 12.1. The molecule has 1 aliphatic rings. The van der Waals surface area contributed by atoms with Gasteiger partial charge in [-0.25, -0.2) is 9.67 Å². The van der Waals surface area contributed by atoms with Crippen molar-refractivity contribution < 1.29 is 9.59 Å². The first-order valence-electron chi connectivity index (χ1n) is 12.1. The number of nitrogens with zero attached hydrogens (tertiary/aromatic N) is 3. The van der Waals surface area contributed by atoms with Crippen LogP contribution in [0.2, 0.25) is 0 Å². The zero-order valence-electron chi connectivity index (χ0n) is 21.2. The Bertz CT molecular complexity index is 1230. The van der Waals surface area contributed by atoms with Crippen molar-refractivity contribution in [3.05, 3.63) is 52.8 Å². The topological polar surface area (TPSA) is 88.9 Å². The number of carbonyl (C=O) groups is 2. The Labute approximate surface area is 201 Å². The minimum atomic E-state index is -0.257. The van der Waals surface area contributed by atoms with Gasteiger partial charge in [-0.3, -0.25) is 9.59 Å². The van der Waals surface area contributed by atoms with E-state index < -0.39 is 0 Å². The van der Waals surface area contributed by atoms with E-state index in [4.69, 9.17) is 10.1 Å². The fourth-order valence-corrected chi connectivity index (χ4v) is 4.05. The van der Waals surface area contributed by atoms with E-state index in [1.807, 2.05) is 48.9 Å². The highest BCUT2D eigenvalue weighted by atomic mass is 16.2. The fraction of sp³-hybridized carbons (Fsp3) is 0.481. The first kappa shape index (κ1) is 23.9. The van der Waals surface area contributed by atoms with Crippen LogP contribution in [0, 0.1) is 12.8 Å². The summed E-state index contributed by atoms with van der Waals surface area (Å²) in [6.45, 7) is 14.3. The molecule has 1 aromatic carbocycles. The van der Waals surface area contributed by atoms with E-state index in [9.17, 15) is 9.59 Å². The smallest absolute Gasteiger partial charge is 0.252 e. The van der Waals surface area contributed by atoms with E-state index in [-0.39, 0.29) is 35.2 Å². The van der Waals surface area contributed by atoms with Crippen molar-refractivity contribution in [2.45, 2.75) is 78.8 Å². The number of carbonyl (C=O) groups excluding carboxylic acids is 2. The summed E-state index contributed by atoms with van der Waals surface area (Å²) in [7, 11) is 0. The zero-order chi connectivity index (χ0) is 24.8. The number of amides is 2. The van der Waals surface area contributed by atoms with Gasteiger partial charge in [0.25, 0.3) is 5.91 Å². The van der Waals surface area contributed by atoms with Crippen LogP contribution in [-0.4, -0.2) is 26.6 Å². The lowest BCUT2D eigenvalue weighted by Crippen LogP contribution is -2.27. The molecule has 0 radical (unpaired) electrons. The number of rotatable bonds is 6. The third-order valence-electron chi connectivity index (χ3n) is 6.28. The maximum atomic E-state index is 13.5. The van der Waals surface area contributed by atoms with E-state index in [0.29, 0.717) is 5.56 Å². The van der Waals surface area contributed by atoms with Crippen LogP contribution in [0.3, 0.4) is 0 Å². The number of benzene rings is 1. The number of hydrogen-bond acceptors (Lipinski definition) is 4. The summed E-state index contributed by atoms with van der Waals surface area (Å²) in [4.78, 5) is 30.4. The van der Waals surface area contributed by atoms with Gasteiger partial charge >= 0.3 is 0 Å². The number of anilines is 1. The second kappa shape index (κ2) is 8.85. The minimum absolute atomic E-state index is 0.0861. The summed E-state index contributed by atoms with van der Waals surface area (Å²) < 4.78 is 1.92. The molecule has 0 bridgehead atoms. The predicted octanol–water partition coefficient (Wildman–Crippen LogP) is 5.46. The monoisotopic (exact) mass is 461 g/mol. The van der Waals surface area contributed by atoms with Crippen LogP contribution < -0.4 is 10.6 Å². The van der Waals surface area contributed by atoms with Crippen LogP contribution in [-0.2, 0) is 10.3 Å². The van der Waals surface area contributed by atoms with Crippen molar-refractivity contribution in [3.8, 4) is 0 Å². The SMILES string of the molecule is Cc1nn(C(C)(C)C)c2nc(C(C)C)cc(C(=O)NC(C)c3ccc(NC(=O)C4CC4)cc3)c12. The van der Waals surface area contributed by atoms with E-state index >= 15 is 0 Å². The molecule has 1 saturated carbocycles. The largest absolute Gasteiger partial charge is 0.345 e. The molecule has 1 aliphatic carbocycles. The van der Waals surface area contributed by atoms with Crippen LogP contribution in [0.4, 0.5) is 5.69 Å². The Hall–Kier alpha value is -3.22. The molecule has 2 N–H and O–H groups in total. The Morgan fingerprint density at radius 1 is 1.09 bits per heavy atom. The molecule has 3 aromatic rings. The lowest BCUT2D eigenvalue weighted by atomic mass is 10.0. The predicted molar refractivity (Wildman–Crippen MR) is 135 cm³/mol. The Morgan fingerprint density at radius 3 is 2.29 bits per heavy atom. The maximum Gasteiger partial charge on any atom is 0.252 e. The van der Waals surface area contributed by atoms with Gasteiger partial charge in [-0.15, -0.1) is 0 Å². The highest BCUT2D eigenvalue weighted by molar-refractivity contribution is 6.06. The molecule has 4 rings (SSSR count). The van der Waals surface area contributed by atoms with Crippen molar-refractivity contribution in [3.63, 3.8) is 0 Å². The van der Waals surface area contributed by atoms with Gasteiger partial charge < -0.3 is 10.6 Å². The van der Waals surface area contributed by atoms with Gasteiger partial charge in [0.15, 0.2) is 5.65 Å². The second-order valence-corrected chi connectivity index (χ2v) is 10.7. The van der Waals surface area contributed by atoms with Gasteiger partial charge in [-0.1, -0.05) is 26.0 Å². The maximum absolute atomic E-state index is 13.5. The molecule has 0 spiro atoms. The molecule has 1 fully saturated rings. The van der Waals surface area contributed by atoms with E-state index in [0.717, 1.165) is 46.5 Å². The summed E-state index contributed by atoms with van der Waals surface area (Å²) in [5.41, 5.74) is 4.49. The van der Waals surface area contributed by atoms with Crippen molar-refractivity contribution in [2.24, 2.45) is 5.92 Å². The van der Waals surface area contributed by atoms with Crippen LogP contribution >= 0.6 is 0 Å². The van der Waals surface area contributed by atoms with Gasteiger partial charge in [0.1, 0.15) is 0 Å². The molecule has 2 amide bonds. The van der Waals surface area contributed by atoms with Gasteiger partial charge in [-0.2, -0.15) is 5.10 Å². The average Bonchev–Trinajstić information content (AvgIpc) is 3.56. The van der Waals surface area contributed by atoms with E-state index in [1.54, 1.807) is 0 Å². The lowest BCUT2D eigenvalue weighted by Gasteiger charge is -2.21. The first-order chi connectivity index (χ1) is 16.0. The Kier molecular flexibility index (Phi) is 6.23. The van der Waals surface area contributed by atoms with Crippen molar-refractivity contribution >= 4 is 28.5 Å². The molecule has 2 aromatic heterocycles. The molecular weight excluding hydrogens is 426 g/mol. The van der Waals surface area contributed by atoms with Crippen molar-refractivity contribution in [2.75, 3.05) is 5.32 Å². The van der Waals surface area contributed by atoms with Crippen molar-refractivity contribution in [1.29, 1.82) is 0 Å². The molecule has 7 nitrogen and oxygen atoms in total. The van der Waals surface area contributed by atoms with Gasteiger partial charge in [0, 0.05) is 17.3 Å². The van der Waals surface area contributed by atoms with Crippen LogP contribution in [0.15, 0.2) is 30.3 Å². The fourth-order valence-electron chi connectivity index (χ4n) is 4.05. The Balaban J connectivity index is 1.60. The number of hydrogen-bond donors (Lipinski definition) is 2. The number of aryl methyl sites for hydroxylation is 1. The molecule has 2 heterocycles. The molecular formula is C27H35N5O2. The third kappa shape index (κ3) is 4.83. The molecule has 7 heteroatoms. The number of fused-ring (bicyclic) bond motifs is 1. The van der Waals surface area contributed by atoms with Gasteiger partial charge in [0.05, 0.1) is 28.2 Å². The molecule has 180 valence electrons. The van der Waals surface area contributed by atoms with Crippen LogP contribution in [0.25, 0.3) is 11.0 Å². The zero-order valence-corrected chi connectivity index (χ0v) is 21.2. The molecule has 0 saturated heterocycles. The average molecular weight is 462 g/mol.